The Kier molecular flexibility index (Phi) is 1.94. The van der Waals surface area contributed by atoms with Gasteiger partial charge >= 0.3 is 6.09 Å². The average molecular weight is 196 g/mol. The van der Waals surface area contributed by atoms with Crippen LogP contribution in [-0.4, -0.2) is 23.1 Å². The summed E-state index contributed by atoms with van der Waals surface area (Å²) < 4.78 is 0. The van der Waals surface area contributed by atoms with Crippen molar-refractivity contribution in [1.29, 1.82) is 0 Å². The molecule has 0 saturated heterocycles. The van der Waals surface area contributed by atoms with Gasteiger partial charge in [-0.2, -0.15) is 0 Å². The number of amides is 2. The van der Waals surface area contributed by atoms with Gasteiger partial charge in [-0.05, 0) is 18.3 Å². The van der Waals surface area contributed by atoms with E-state index in [-0.39, 0.29) is 23.8 Å². The van der Waals surface area contributed by atoms with E-state index in [0.717, 1.165) is 6.42 Å². The van der Waals surface area contributed by atoms with Crippen molar-refractivity contribution in [1.82, 2.24) is 5.32 Å². The third-order valence-electron chi connectivity index (χ3n) is 3.08. The molecule has 0 radical (unpaired) electrons. The van der Waals surface area contributed by atoms with Gasteiger partial charge in [0.1, 0.15) is 0 Å². The van der Waals surface area contributed by atoms with E-state index in [2.05, 4.69) is 5.32 Å². The van der Waals surface area contributed by atoms with Crippen molar-refractivity contribution in [2.24, 2.45) is 23.5 Å². The number of carbonyl (C=O) groups is 2. The van der Waals surface area contributed by atoms with Crippen molar-refractivity contribution in [2.45, 2.75) is 12.5 Å². The van der Waals surface area contributed by atoms with Gasteiger partial charge in [0.2, 0.25) is 5.91 Å². The first-order valence-electron chi connectivity index (χ1n) is 4.56. The lowest BCUT2D eigenvalue weighted by molar-refractivity contribution is -0.123. The number of rotatable bonds is 2. The number of hydrogen-bond acceptors (Lipinski definition) is 2. The van der Waals surface area contributed by atoms with Gasteiger partial charge in [-0.25, -0.2) is 4.79 Å². The molecule has 2 bridgehead atoms. The topological polar surface area (TPSA) is 92.4 Å². The molecule has 0 heterocycles. The van der Waals surface area contributed by atoms with Crippen molar-refractivity contribution >= 4 is 12.0 Å². The lowest BCUT2D eigenvalue weighted by atomic mass is 9.88. The largest absolute Gasteiger partial charge is 0.465 e. The normalized spacial score (nSPS) is 38.6. The minimum absolute atomic E-state index is 0.120. The number of carboxylic acid groups (broad SMARTS) is 1. The third kappa shape index (κ3) is 1.25. The smallest absolute Gasteiger partial charge is 0.404 e. The monoisotopic (exact) mass is 196 g/mol. The van der Waals surface area contributed by atoms with E-state index in [0.29, 0.717) is 0 Å². The van der Waals surface area contributed by atoms with Crippen LogP contribution in [0.4, 0.5) is 4.79 Å². The summed E-state index contributed by atoms with van der Waals surface area (Å²) in [6.45, 7) is 0. The Balaban J connectivity index is 2.18. The molecule has 0 spiro atoms. The van der Waals surface area contributed by atoms with Crippen LogP contribution in [0.5, 0.6) is 0 Å². The Morgan fingerprint density at radius 1 is 1.36 bits per heavy atom. The Bertz CT molecular complexity index is 313. The summed E-state index contributed by atoms with van der Waals surface area (Å²) in [6, 6.07) is -0.333. The highest BCUT2D eigenvalue weighted by molar-refractivity contribution is 5.80. The van der Waals surface area contributed by atoms with E-state index in [1.54, 1.807) is 0 Å². The van der Waals surface area contributed by atoms with Gasteiger partial charge in [-0.1, -0.05) is 12.2 Å². The minimum Gasteiger partial charge on any atom is -0.465 e. The molecule has 0 aliphatic heterocycles. The highest BCUT2D eigenvalue weighted by Gasteiger charge is 2.47. The maximum Gasteiger partial charge on any atom is 0.404 e. The predicted molar refractivity (Wildman–Crippen MR) is 48.4 cm³/mol. The first-order chi connectivity index (χ1) is 6.59. The minimum atomic E-state index is -1.10. The SMILES string of the molecule is NC(=O)C1C2C=CC(C2)C1NC(=O)O. The van der Waals surface area contributed by atoms with E-state index >= 15 is 0 Å². The molecule has 1 saturated carbocycles. The summed E-state index contributed by atoms with van der Waals surface area (Å²) in [5, 5.41) is 11.0. The van der Waals surface area contributed by atoms with E-state index < -0.39 is 12.0 Å². The van der Waals surface area contributed by atoms with Crippen LogP contribution in [0.1, 0.15) is 6.42 Å². The summed E-state index contributed by atoms with van der Waals surface area (Å²) in [5.41, 5.74) is 5.24. The molecular weight excluding hydrogens is 184 g/mol. The molecule has 4 N–H and O–H groups in total. The fourth-order valence-corrected chi connectivity index (χ4v) is 2.55. The third-order valence-corrected chi connectivity index (χ3v) is 3.08. The van der Waals surface area contributed by atoms with Crippen LogP contribution in [0.3, 0.4) is 0 Å². The maximum absolute atomic E-state index is 11.1. The molecule has 1 fully saturated rings. The zero-order valence-corrected chi connectivity index (χ0v) is 7.51. The maximum atomic E-state index is 11.1. The molecule has 0 aromatic rings. The molecule has 4 unspecified atom stereocenters. The molecule has 2 amide bonds. The number of primary amides is 1. The Hall–Kier alpha value is -1.52. The first-order valence-corrected chi connectivity index (χ1v) is 4.56. The van der Waals surface area contributed by atoms with Gasteiger partial charge in [0.15, 0.2) is 0 Å². The Labute approximate surface area is 81.0 Å². The van der Waals surface area contributed by atoms with Crippen molar-refractivity contribution in [3.8, 4) is 0 Å². The highest BCUT2D eigenvalue weighted by atomic mass is 16.4. The molecular formula is C9H12N2O3. The molecule has 2 rings (SSSR count). The lowest BCUT2D eigenvalue weighted by Gasteiger charge is -2.25. The Morgan fingerprint density at radius 2 is 2.00 bits per heavy atom. The number of allylic oxidation sites excluding steroid dienone is 1. The molecule has 2 aliphatic carbocycles. The zero-order valence-electron chi connectivity index (χ0n) is 7.51. The lowest BCUT2D eigenvalue weighted by Crippen LogP contribution is -2.47. The van der Waals surface area contributed by atoms with E-state index in [1.807, 2.05) is 12.2 Å². The number of carbonyl (C=O) groups excluding carboxylic acids is 1. The molecule has 0 aromatic heterocycles. The fraction of sp³-hybridized carbons (Fsp3) is 0.556. The molecule has 0 aromatic carbocycles. The number of nitrogens with two attached hydrogens (primary N) is 1. The summed E-state index contributed by atoms with van der Waals surface area (Å²) >= 11 is 0. The fourth-order valence-electron chi connectivity index (χ4n) is 2.55. The van der Waals surface area contributed by atoms with Crippen LogP contribution < -0.4 is 11.1 Å². The van der Waals surface area contributed by atoms with Crippen LogP contribution in [-0.2, 0) is 4.79 Å². The Morgan fingerprint density at radius 3 is 2.57 bits per heavy atom. The number of hydrogen-bond donors (Lipinski definition) is 3. The van der Waals surface area contributed by atoms with Crippen LogP contribution in [0.25, 0.3) is 0 Å². The van der Waals surface area contributed by atoms with Gasteiger partial charge in [-0.3, -0.25) is 4.79 Å². The zero-order chi connectivity index (χ0) is 10.3. The van der Waals surface area contributed by atoms with Crippen LogP contribution in [0.2, 0.25) is 0 Å². The van der Waals surface area contributed by atoms with E-state index in [4.69, 9.17) is 10.8 Å². The van der Waals surface area contributed by atoms with Crippen LogP contribution in [0, 0.1) is 17.8 Å². The second-order valence-electron chi connectivity index (χ2n) is 3.85. The van der Waals surface area contributed by atoms with Crippen LogP contribution >= 0.6 is 0 Å². The predicted octanol–water partition coefficient (Wildman–Crippen LogP) is -0.0700. The number of nitrogens with one attached hydrogen (secondary N) is 1. The van der Waals surface area contributed by atoms with Gasteiger partial charge in [0.05, 0.1) is 12.0 Å². The van der Waals surface area contributed by atoms with E-state index in [9.17, 15) is 9.59 Å². The summed E-state index contributed by atoms with van der Waals surface area (Å²) in [7, 11) is 0. The van der Waals surface area contributed by atoms with Crippen molar-refractivity contribution in [3.63, 3.8) is 0 Å². The van der Waals surface area contributed by atoms with Gasteiger partial charge in [0, 0.05) is 0 Å². The molecule has 14 heavy (non-hydrogen) atoms. The van der Waals surface area contributed by atoms with Crippen molar-refractivity contribution in [3.05, 3.63) is 12.2 Å². The second kappa shape index (κ2) is 3.01. The van der Waals surface area contributed by atoms with Crippen molar-refractivity contribution in [2.75, 3.05) is 0 Å². The quantitative estimate of drug-likeness (QED) is 0.540. The summed E-state index contributed by atoms with van der Waals surface area (Å²) in [5.74, 6) is -0.537. The van der Waals surface area contributed by atoms with Crippen molar-refractivity contribution < 1.29 is 14.7 Å². The molecule has 4 atom stereocenters. The standard InChI is InChI=1S/C9H12N2O3/c10-8(12)6-4-1-2-5(3-4)7(6)11-9(13)14/h1-2,4-7,11H,3H2,(H2,10,12)(H,13,14). The first kappa shape index (κ1) is 9.05. The molecule has 2 aliphatic rings. The van der Waals surface area contributed by atoms with Gasteiger partial charge < -0.3 is 16.2 Å². The van der Waals surface area contributed by atoms with Crippen LogP contribution in [0.15, 0.2) is 12.2 Å². The molecule has 76 valence electrons. The highest BCUT2D eigenvalue weighted by Crippen LogP contribution is 2.43. The van der Waals surface area contributed by atoms with E-state index in [1.165, 1.54) is 0 Å². The van der Waals surface area contributed by atoms with Gasteiger partial charge in [0.25, 0.3) is 0 Å². The molecule has 5 nitrogen and oxygen atoms in total. The summed E-state index contributed by atoms with van der Waals surface area (Å²) in [4.78, 5) is 21.7. The molecule has 5 heteroatoms. The number of fused-ring (bicyclic) bond motifs is 2. The van der Waals surface area contributed by atoms with Gasteiger partial charge in [-0.15, -0.1) is 0 Å². The summed E-state index contributed by atoms with van der Waals surface area (Å²) in [6.07, 6.45) is 3.66. The average Bonchev–Trinajstić information content (AvgIpc) is 2.61. The second-order valence-corrected chi connectivity index (χ2v) is 3.85.